The highest BCUT2D eigenvalue weighted by molar-refractivity contribution is 5.76. The van der Waals surface area contributed by atoms with Crippen LogP contribution in [0, 0.1) is 18.7 Å². The Morgan fingerprint density at radius 2 is 2.17 bits per heavy atom. The molecule has 0 radical (unpaired) electrons. The quantitative estimate of drug-likeness (QED) is 0.647. The van der Waals surface area contributed by atoms with Gasteiger partial charge in [0.15, 0.2) is 0 Å². The molecule has 1 atom stereocenters. The number of nitrogens with zero attached hydrogens (tertiary/aromatic N) is 4. The van der Waals surface area contributed by atoms with Crippen molar-refractivity contribution in [3.8, 4) is 0 Å². The zero-order chi connectivity index (χ0) is 20.6. The summed E-state index contributed by atoms with van der Waals surface area (Å²) in [5.41, 5.74) is 2.02. The second-order valence-electron chi connectivity index (χ2n) is 8.09. The fourth-order valence-electron chi connectivity index (χ4n) is 4.16. The number of amides is 1. The van der Waals surface area contributed by atoms with Crippen LogP contribution in [-0.4, -0.2) is 58.2 Å². The van der Waals surface area contributed by atoms with Crippen LogP contribution >= 0.6 is 0 Å². The minimum atomic E-state index is -0.165. The summed E-state index contributed by atoms with van der Waals surface area (Å²) >= 11 is 0. The summed E-state index contributed by atoms with van der Waals surface area (Å²) in [4.78, 5) is 17.1. The van der Waals surface area contributed by atoms with E-state index in [2.05, 4.69) is 16.9 Å². The first-order valence-corrected chi connectivity index (χ1v) is 10.8. The van der Waals surface area contributed by atoms with Gasteiger partial charge in [0, 0.05) is 45.3 Å². The van der Waals surface area contributed by atoms with Crippen LogP contribution in [0.2, 0.25) is 0 Å². The first-order chi connectivity index (χ1) is 14.0. The molecule has 1 saturated heterocycles. The average molecular weight is 401 g/mol. The maximum atomic E-state index is 13.4. The number of likely N-dealkylation sites (tertiary alicyclic amines) is 1. The van der Waals surface area contributed by atoms with Crippen LogP contribution in [0.4, 0.5) is 4.39 Å². The Hall–Kier alpha value is -2.21. The van der Waals surface area contributed by atoms with Gasteiger partial charge in [-0.2, -0.15) is 5.10 Å². The van der Waals surface area contributed by atoms with E-state index in [0.29, 0.717) is 18.9 Å². The second kappa shape index (κ2) is 10.5. The van der Waals surface area contributed by atoms with Crippen molar-refractivity contribution in [1.82, 2.24) is 19.6 Å². The number of benzene rings is 1. The summed E-state index contributed by atoms with van der Waals surface area (Å²) in [6.45, 7) is 9.26. The summed E-state index contributed by atoms with van der Waals surface area (Å²) < 4.78 is 15.2. The molecule has 0 saturated carbocycles. The van der Waals surface area contributed by atoms with Crippen molar-refractivity contribution in [2.45, 2.75) is 46.1 Å². The number of carbonyl (C=O) groups excluding carboxylic acids is 1. The highest BCUT2D eigenvalue weighted by atomic mass is 19.1. The van der Waals surface area contributed by atoms with E-state index in [9.17, 15) is 9.18 Å². The monoisotopic (exact) mass is 400 g/mol. The van der Waals surface area contributed by atoms with E-state index in [1.807, 2.05) is 34.8 Å². The number of hydrogen-bond donors (Lipinski definition) is 0. The van der Waals surface area contributed by atoms with Crippen LogP contribution in [0.3, 0.4) is 0 Å². The molecular formula is C23H33FN4O. The maximum absolute atomic E-state index is 13.4. The van der Waals surface area contributed by atoms with Crippen LogP contribution in [0.25, 0.3) is 0 Å². The predicted molar refractivity (Wildman–Crippen MR) is 113 cm³/mol. The van der Waals surface area contributed by atoms with Gasteiger partial charge in [0.1, 0.15) is 5.82 Å². The van der Waals surface area contributed by atoms with Gasteiger partial charge in [0.25, 0.3) is 0 Å². The average Bonchev–Trinajstić information content (AvgIpc) is 3.14. The third-order valence-corrected chi connectivity index (χ3v) is 5.75. The first kappa shape index (κ1) is 21.5. The summed E-state index contributed by atoms with van der Waals surface area (Å²) in [5.74, 6) is 0.547. The Labute approximate surface area is 173 Å². The predicted octanol–water partition coefficient (Wildman–Crippen LogP) is 3.52. The lowest BCUT2D eigenvalue weighted by molar-refractivity contribution is -0.132. The molecule has 1 amide bonds. The molecule has 158 valence electrons. The van der Waals surface area contributed by atoms with Crippen LogP contribution < -0.4 is 0 Å². The smallest absolute Gasteiger partial charge is 0.224 e. The molecule has 0 N–H and O–H groups in total. The van der Waals surface area contributed by atoms with Crippen molar-refractivity contribution < 1.29 is 9.18 Å². The number of hydrogen-bond acceptors (Lipinski definition) is 3. The number of aromatic nitrogens is 2. The lowest BCUT2D eigenvalue weighted by Gasteiger charge is -2.35. The number of rotatable bonds is 9. The van der Waals surface area contributed by atoms with Crippen LogP contribution in [0.1, 0.15) is 37.4 Å². The molecule has 2 aromatic rings. The van der Waals surface area contributed by atoms with E-state index in [1.54, 1.807) is 12.1 Å². The number of carbonyl (C=O) groups is 1. The van der Waals surface area contributed by atoms with Gasteiger partial charge < -0.3 is 9.80 Å². The van der Waals surface area contributed by atoms with E-state index in [-0.39, 0.29) is 11.7 Å². The van der Waals surface area contributed by atoms with Gasteiger partial charge >= 0.3 is 0 Å². The van der Waals surface area contributed by atoms with Crippen LogP contribution in [0.5, 0.6) is 0 Å². The van der Waals surface area contributed by atoms with Gasteiger partial charge in [0.05, 0.1) is 5.69 Å². The highest BCUT2D eigenvalue weighted by Crippen LogP contribution is 2.19. The lowest BCUT2D eigenvalue weighted by Crippen LogP contribution is -2.43. The molecule has 2 heterocycles. The molecule has 0 bridgehead atoms. The van der Waals surface area contributed by atoms with Crippen molar-refractivity contribution in [2.24, 2.45) is 5.92 Å². The molecular weight excluding hydrogens is 367 g/mol. The second-order valence-corrected chi connectivity index (χ2v) is 8.09. The Kier molecular flexibility index (Phi) is 7.81. The molecule has 29 heavy (non-hydrogen) atoms. The fraction of sp³-hybridized carbons (Fsp3) is 0.565. The largest absolute Gasteiger partial charge is 0.343 e. The molecule has 1 fully saturated rings. The molecule has 6 heteroatoms. The highest BCUT2D eigenvalue weighted by Gasteiger charge is 2.23. The molecule has 1 aliphatic rings. The zero-order valence-corrected chi connectivity index (χ0v) is 17.7. The van der Waals surface area contributed by atoms with Gasteiger partial charge in [0.2, 0.25) is 5.91 Å². The Morgan fingerprint density at radius 1 is 1.31 bits per heavy atom. The van der Waals surface area contributed by atoms with E-state index in [0.717, 1.165) is 56.8 Å². The van der Waals surface area contributed by atoms with Crippen molar-refractivity contribution >= 4 is 5.91 Å². The van der Waals surface area contributed by atoms with Gasteiger partial charge in [-0.3, -0.25) is 9.48 Å². The van der Waals surface area contributed by atoms with Gasteiger partial charge in [-0.15, -0.1) is 0 Å². The van der Waals surface area contributed by atoms with E-state index >= 15 is 0 Å². The van der Waals surface area contributed by atoms with Gasteiger partial charge in [-0.05, 0) is 69.3 Å². The third-order valence-electron chi connectivity index (χ3n) is 5.75. The van der Waals surface area contributed by atoms with Crippen molar-refractivity contribution in [3.05, 3.63) is 53.6 Å². The number of piperidine rings is 1. The topological polar surface area (TPSA) is 41.4 Å². The van der Waals surface area contributed by atoms with Crippen molar-refractivity contribution in [3.63, 3.8) is 0 Å². The molecule has 0 spiro atoms. The fourth-order valence-corrected chi connectivity index (χ4v) is 4.16. The molecule has 5 nitrogen and oxygen atoms in total. The van der Waals surface area contributed by atoms with E-state index < -0.39 is 0 Å². The molecule has 0 aliphatic carbocycles. The number of aryl methyl sites for hydroxylation is 2. The molecule has 1 aromatic carbocycles. The van der Waals surface area contributed by atoms with Crippen molar-refractivity contribution in [2.75, 3.05) is 32.7 Å². The Bertz CT molecular complexity index is 791. The minimum Gasteiger partial charge on any atom is -0.343 e. The first-order valence-electron chi connectivity index (χ1n) is 10.8. The summed E-state index contributed by atoms with van der Waals surface area (Å²) in [6.07, 6.45) is 5.61. The molecule has 1 aromatic heterocycles. The summed E-state index contributed by atoms with van der Waals surface area (Å²) in [5, 5.41) is 4.36. The number of halogens is 1. The minimum absolute atomic E-state index is 0.165. The third kappa shape index (κ3) is 6.67. The summed E-state index contributed by atoms with van der Waals surface area (Å²) in [6, 6.07) is 8.84. The lowest BCUT2D eigenvalue weighted by atomic mass is 9.96. The van der Waals surface area contributed by atoms with Crippen LogP contribution in [-0.2, 0) is 17.8 Å². The standard InChI is InChI=1S/C23H33FN4O/c1-3-27(23(29)11-15-28-14-9-19(2)25-28)18-21-7-5-12-26(17-21)13-10-20-6-4-8-22(24)16-20/h4,6,8-9,14,16,21H,3,5,7,10-13,15,17-18H2,1-2H3. The van der Waals surface area contributed by atoms with E-state index in [1.165, 1.54) is 12.5 Å². The molecule has 1 unspecified atom stereocenters. The van der Waals surface area contributed by atoms with Gasteiger partial charge in [-0.25, -0.2) is 4.39 Å². The SMILES string of the molecule is CCN(CC1CCCN(CCc2cccc(F)c2)C1)C(=O)CCn1ccc(C)n1. The molecule has 1 aliphatic heterocycles. The summed E-state index contributed by atoms with van der Waals surface area (Å²) in [7, 11) is 0. The Morgan fingerprint density at radius 3 is 2.90 bits per heavy atom. The van der Waals surface area contributed by atoms with E-state index in [4.69, 9.17) is 0 Å². The molecule has 3 rings (SSSR count). The normalized spacial score (nSPS) is 17.4. The van der Waals surface area contributed by atoms with Gasteiger partial charge in [-0.1, -0.05) is 12.1 Å². The Balaban J connectivity index is 1.45. The van der Waals surface area contributed by atoms with Crippen molar-refractivity contribution in [1.29, 1.82) is 0 Å². The zero-order valence-electron chi connectivity index (χ0n) is 17.7. The maximum Gasteiger partial charge on any atom is 0.224 e. The van der Waals surface area contributed by atoms with Crippen LogP contribution in [0.15, 0.2) is 36.5 Å².